The molecule has 6 nitrogen and oxygen atoms in total. The van der Waals surface area contributed by atoms with Gasteiger partial charge in [0.15, 0.2) is 0 Å². The van der Waals surface area contributed by atoms with E-state index >= 15 is 0 Å². The van der Waals surface area contributed by atoms with Crippen LogP contribution >= 0.6 is 0 Å². The van der Waals surface area contributed by atoms with Crippen molar-refractivity contribution in [2.75, 3.05) is 7.11 Å². The van der Waals surface area contributed by atoms with Gasteiger partial charge in [-0.05, 0) is 78.7 Å². The van der Waals surface area contributed by atoms with E-state index in [1.165, 1.54) is 0 Å². The van der Waals surface area contributed by atoms with Crippen LogP contribution in [0.15, 0.2) is 54.6 Å². The molecule has 0 unspecified atom stereocenters. The molecular formula is C30H40N2O4. The van der Waals surface area contributed by atoms with Gasteiger partial charge in [-0.25, -0.2) is 0 Å². The molecule has 2 aromatic rings. The first-order valence-electron chi connectivity index (χ1n) is 13.2. The molecule has 2 fully saturated rings. The first-order valence-corrected chi connectivity index (χ1v) is 13.2. The Labute approximate surface area is 214 Å². The highest BCUT2D eigenvalue weighted by atomic mass is 16.5. The molecule has 2 saturated carbocycles. The van der Waals surface area contributed by atoms with Crippen LogP contribution in [-0.2, 0) is 11.3 Å². The second-order valence-electron chi connectivity index (χ2n) is 11.1. The van der Waals surface area contributed by atoms with Gasteiger partial charge in [-0.2, -0.15) is 0 Å². The largest absolute Gasteiger partial charge is 0.497 e. The number of carbonyl (C=O) groups is 2. The third-order valence-corrected chi connectivity index (χ3v) is 8.92. The molecule has 3 N–H and O–H groups in total. The topological polar surface area (TPSA) is 87.7 Å². The van der Waals surface area contributed by atoms with Crippen LogP contribution < -0.4 is 15.4 Å². The molecule has 2 aromatic carbocycles. The number of rotatable bonds is 7. The van der Waals surface area contributed by atoms with Crippen molar-refractivity contribution < 1.29 is 19.4 Å². The van der Waals surface area contributed by atoms with Crippen molar-refractivity contribution in [2.45, 2.75) is 65.1 Å². The molecule has 0 bridgehead atoms. The average molecular weight is 493 g/mol. The van der Waals surface area contributed by atoms with Gasteiger partial charge in [-0.15, -0.1) is 0 Å². The molecule has 0 spiro atoms. The molecule has 2 aliphatic rings. The summed E-state index contributed by atoms with van der Waals surface area (Å²) in [6, 6.07) is 17.0. The standard InChI is InChI=1S/C30H40N2O4/c1-19(28(34)31-18-21-8-6-5-7-9-21)24-14-16-30(3)17-15-25(20(2)26(30)27(24)33)32-29(35)22-10-12-23(36-4)13-11-22/h5-13,19-20,24-27,33H,14-18H2,1-4H3,(H,31,34)(H,32,35)/t19-,20+,24-,25-,26+,27-,30-/m0/s1. The Morgan fingerprint density at radius 3 is 2.42 bits per heavy atom. The second kappa shape index (κ2) is 11.0. The lowest BCUT2D eigenvalue weighted by Crippen LogP contribution is -2.58. The Hall–Kier alpha value is -2.86. The molecule has 6 heteroatoms. The van der Waals surface area contributed by atoms with Gasteiger partial charge in [0.05, 0.1) is 13.2 Å². The summed E-state index contributed by atoms with van der Waals surface area (Å²) in [5.41, 5.74) is 1.67. The fraction of sp³-hybridized carbons (Fsp3) is 0.533. The Kier molecular flexibility index (Phi) is 8.04. The molecular weight excluding hydrogens is 452 g/mol. The van der Waals surface area contributed by atoms with Gasteiger partial charge in [0.2, 0.25) is 5.91 Å². The number of fused-ring (bicyclic) bond motifs is 1. The van der Waals surface area contributed by atoms with Gasteiger partial charge in [0, 0.05) is 24.1 Å². The smallest absolute Gasteiger partial charge is 0.251 e. The number of nitrogens with one attached hydrogen (secondary N) is 2. The highest BCUT2D eigenvalue weighted by Gasteiger charge is 2.53. The van der Waals surface area contributed by atoms with Gasteiger partial charge in [0.1, 0.15) is 5.75 Å². The Bertz CT molecular complexity index is 1040. The molecule has 2 aliphatic carbocycles. The Balaban J connectivity index is 1.41. The maximum Gasteiger partial charge on any atom is 0.251 e. The van der Waals surface area contributed by atoms with Crippen molar-refractivity contribution in [3.05, 3.63) is 65.7 Å². The quantitative estimate of drug-likeness (QED) is 0.528. The second-order valence-corrected chi connectivity index (χ2v) is 11.1. The van der Waals surface area contributed by atoms with Crippen LogP contribution in [0.1, 0.15) is 62.4 Å². The van der Waals surface area contributed by atoms with Crippen LogP contribution in [0.4, 0.5) is 0 Å². The third kappa shape index (κ3) is 5.44. The van der Waals surface area contributed by atoms with E-state index in [1.54, 1.807) is 31.4 Å². The highest BCUT2D eigenvalue weighted by Crippen LogP contribution is 2.55. The van der Waals surface area contributed by atoms with Crippen LogP contribution in [0.5, 0.6) is 5.75 Å². The van der Waals surface area contributed by atoms with Crippen LogP contribution in [0, 0.1) is 29.1 Å². The molecule has 0 heterocycles. The van der Waals surface area contributed by atoms with Crippen molar-refractivity contribution >= 4 is 11.8 Å². The summed E-state index contributed by atoms with van der Waals surface area (Å²) in [5.74, 6) is 0.338. The van der Waals surface area contributed by atoms with E-state index in [0.29, 0.717) is 17.9 Å². The van der Waals surface area contributed by atoms with Crippen LogP contribution in [-0.4, -0.2) is 36.2 Å². The molecule has 194 valence electrons. The van der Waals surface area contributed by atoms with Gasteiger partial charge >= 0.3 is 0 Å². The predicted octanol–water partition coefficient (Wildman–Crippen LogP) is 4.57. The minimum Gasteiger partial charge on any atom is -0.497 e. The molecule has 36 heavy (non-hydrogen) atoms. The average Bonchev–Trinajstić information content (AvgIpc) is 2.89. The minimum absolute atomic E-state index is 0.0108. The number of aliphatic hydroxyl groups is 1. The molecule has 2 amide bonds. The first-order chi connectivity index (χ1) is 17.2. The lowest BCUT2D eigenvalue weighted by Gasteiger charge is -2.56. The first kappa shape index (κ1) is 26.2. The van der Waals surface area contributed by atoms with Crippen molar-refractivity contribution in [1.82, 2.24) is 10.6 Å². The number of hydrogen-bond acceptors (Lipinski definition) is 4. The van der Waals surface area contributed by atoms with Crippen molar-refractivity contribution in [2.24, 2.45) is 29.1 Å². The van der Waals surface area contributed by atoms with Crippen LogP contribution in [0.2, 0.25) is 0 Å². The van der Waals surface area contributed by atoms with Gasteiger partial charge in [-0.3, -0.25) is 9.59 Å². The van der Waals surface area contributed by atoms with E-state index in [1.807, 2.05) is 37.3 Å². The molecule has 0 aromatic heterocycles. The van der Waals surface area contributed by atoms with Crippen LogP contribution in [0.3, 0.4) is 0 Å². The maximum atomic E-state index is 13.0. The maximum absolute atomic E-state index is 13.0. The number of ether oxygens (including phenoxy) is 1. The number of amides is 2. The summed E-state index contributed by atoms with van der Waals surface area (Å²) in [6.07, 6.45) is 3.08. The minimum atomic E-state index is -0.586. The monoisotopic (exact) mass is 492 g/mol. The zero-order chi connectivity index (χ0) is 25.9. The summed E-state index contributed by atoms with van der Waals surface area (Å²) in [5, 5.41) is 17.9. The highest BCUT2D eigenvalue weighted by molar-refractivity contribution is 5.94. The predicted molar refractivity (Wildman–Crippen MR) is 140 cm³/mol. The Morgan fingerprint density at radius 2 is 1.75 bits per heavy atom. The molecule has 4 rings (SSSR count). The van der Waals surface area contributed by atoms with Crippen molar-refractivity contribution in [1.29, 1.82) is 0 Å². The summed E-state index contributed by atoms with van der Waals surface area (Å²) in [6.45, 7) is 6.85. The molecule has 0 radical (unpaired) electrons. The number of aliphatic hydroxyl groups excluding tert-OH is 1. The van der Waals surface area contributed by atoms with E-state index < -0.39 is 6.10 Å². The lowest BCUT2D eigenvalue weighted by atomic mass is 9.51. The van der Waals surface area contributed by atoms with E-state index in [2.05, 4.69) is 24.5 Å². The summed E-state index contributed by atoms with van der Waals surface area (Å²) in [4.78, 5) is 26.0. The van der Waals surface area contributed by atoms with E-state index in [-0.39, 0.29) is 46.9 Å². The number of methoxy groups -OCH3 is 1. The molecule has 0 aliphatic heterocycles. The zero-order valence-electron chi connectivity index (χ0n) is 21.9. The normalized spacial score (nSPS) is 30.5. The third-order valence-electron chi connectivity index (χ3n) is 8.92. The van der Waals surface area contributed by atoms with Crippen molar-refractivity contribution in [3.8, 4) is 5.75 Å². The molecule has 7 atom stereocenters. The van der Waals surface area contributed by atoms with Crippen molar-refractivity contribution in [3.63, 3.8) is 0 Å². The summed E-state index contributed by atoms with van der Waals surface area (Å²) in [7, 11) is 1.60. The van der Waals surface area contributed by atoms with Gasteiger partial charge < -0.3 is 20.5 Å². The van der Waals surface area contributed by atoms with Crippen LogP contribution in [0.25, 0.3) is 0 Å². The Morgan fingerprint density at radius 1 is 1.08 bits per heavy atom. The lowest BCUT2D eigenvalue weighted by molar-refractivity contribution is -0.142. The van der Waals surface area contributed by atoms with Gasteiger partial charge in [0.25, 0.3) is 5.91 Å². The fourth-order valence-corrected chi connectivity index (χ4v) is 6.63. The fourth-order valence-electron chi connectivity index (χ4n) is 6.63. The zero-order valence-corrected chi connectivity index (χ0v) is 21.9. The van der Waals surface area contributed by atoms with E-state index in [9.17, 15) is 14.7 Å². The SMILES string of the molecule is COc1ccc(C(=O)N[C@H]2CC[C@]3(C)CC[C@@H]([C@H](C)C(=O)NCc4ccccc4)[C@H](O)[C@H]3[C@@H]2C)cc1. The van der Waals surface area contributed by atoms with E-state index in [4.69, 9.17) is 4.74 Å². The number of benzene rings is 2. The van der Waals surface area contributed by atoms with Gasteiger partial charge in [-0.1, -0.05) is 51.1 Å². The number of hydrogen-bond donors (Lipinski definition) is 3. The summed E-state index contributed by atoms with van der Waals surface area (Å²) < 4.78 is 5.19. The number of carbonyl (C=O) groups excluding carboxylic acids is 2. The van der Waals surface area contributed by atoms with E-state index in [0.717, 1.165) is 31.2 Å². The summed E-state index contributed by atoms with van der Waals surface area (Å²) >= 11 is 0. The molecule has 0 saturated heterocycles.